The maximum absolute atomic E-state index is 12.6. The molecule has 3 heterocycles. The van der Waals surface area contributed by atoms with E-state index in [4.69, 9.17) is 4.74 Å². The van der Waals surface area contributed by atoms with E-state index < -0.39 is 0 Å². The Labute approximate surface area is 120 Å². The number of nitrogens with one attached hydrogen (secondary N) is 1. The first-order valence-electron chi connectivity index (χ1n) is 7.83. The molecule has 20 heavy (non-hydrogen) atoms. The Morgan fingerprint density at radius 1 is 1.25 bits per heavy atom. The molecule has 0 bridgehead atoms. The molecular weight excluding hydrogens is 252 g/mol. The van der Waals surface area contributed by atoms with Crippen molar-refractivity contribution in [3.8, 4) is 0 Å². The topological polar surface area (TPSA) is 43.3 Å². The zero-order valence-electron chi connectivity index (χ0n) is 12.0. The number of nitrogens with zero attached hydrogens (tertiary/aromatic N) is 1. The Balaban J connectivity index is 1.66. The van der Waals surface area contributed by atoms with Crippen LogP contribution in [0.5, 0.6) is 0 Å². The normalized spacial score (nSPS) is 22.0. The smallest absolute Gasteiger partial charge is 0.179 e. The summed E-state index contributed by atoms with van der Waals surface area (Å²) in [5.74, 6) is 0.813. The Kier molecular flexibility index (Phi) is 4.53. The molecular formula is C16H24N2O2. The highest BCUT2D eigenvalue weighted by Crippen LogP contribution is 2.25. The van der Waals surface area contributed by atoms with Crippen molar-refractivity contribution in [3.63, 3.8) is 0 Å². The molecule has 0 atom stereocenters. The first-order chi connectivity index (χ1) is 9.84. The van der Waals surface area contributed by atoms with E-state index in [-0.39, 0.29) is 0 Å². The SMILES string of the molecule is O=C(CC1CCOCC1)c1cccn1C1CCNCC1. The molecule has 2 fully saturated rings. The zero-order valence-corrected chi connectivity index (χ0v) is 12.0. The van der Waals surface area contributed by atoms with Gasteiger partial charge in [-0.1, -0.05) is 0 Å². The van der Waals surface area contributed by atoms with Crippen molar-refractivity contribution in [1.82, 2.24) is 9.88 Å². The van der Waals surface area contributed by atoms with E-state index in [2.05, 4.69) is 16.1 Å². The van der Waals surface area contributed by atoms with Crippen LogP contribution in [0.2, 0.25) is 0 Å². The van der Waals surface area contributed by atoms with Crippen LogP contribution in [0.15, 0.2) is 18.3 Å². The molecule has 1 aromatic heterocycles. The minimum Gasteiger partial charge on any atom is -0.381 e. The van der Waals surface area contributed by atoms with Crippen LogP contribution in [0, 0.1) is 5.92 Å². The van der Waals surface area contributed by atoms with Crippen molar-refractivity contribution in [3.05, 3.63) is 24.0 Å². The Morgan fingerprint density at radius 2 is 2.00 bits per heavy atom. The van der Waals surface area contributed by atoms with Gasteiger partial charge >= 0.3 is 0 Å². The summed E-state index contributed by atoms with van der Waals surface area (Å²) in [6.45, 7) is 3.73. The first kappa shape index (κ1) is 13.8. The number of piperidine rings is 1. The number of ether oxygens (including phenoxy) is 1. The molecule has 2 saturated heterocycles. The van der Waals surface area contributed by atoms with E-state index in [1.165, 1.54) is 0 Å². The Hall–Kier alpha value is -1.13. The second-order valence-electron chi connectivity index (χ2n) is 5.96. The van der Waals surface area contributed by atoms with Gasteiger partial charge in [0.2, 0.25) is 0 Å². The van der Waals surface area contributed by atoms with Crippen LogP contribution in [0.1, 0.15) is 48.6 Å². The van der Waals surface area contributed by atoms with Crippen molar-refractivity contribution in [1.29, 1.82) is 0 Å². The van der Waals surface area contributed by atoms with E-state index in [1.807, 2.05) is 12.1 Å². The third-order valence-electron chi connectivity index (χ3n) is 4.58. The van der Waals surface area contributed by atoms with Gasteiger partial charge in [-0.05, 0) is 56.8 Å². The van der Waals surface area contributed by atoms with Crippen molar-refractivity contribution in [2.24, 2.45) is 5.92 Å². The Bertz CT molecular complexity index is 443. The van der Waals surface area contributed by atoms with Crippen molar-refractivity contribution in [2.45, 2.75) is 38.1 Å². The molecule has 0 saturated carbocycles. The summed E-state index contributed by atoms with van der Waals surface area (Å²) in [6, 6.07) is 4.49. The molecule has 0 aromatic carbocycles. The standard InChI is InChI=1S/C16H24N2O2/c19-16(12-13-5-10-20-11-6-13)15-2-1-9-18(15)14-3-7-17-8-4-14/h1-2,9,13-14,17H,3-8,10-12H2. The molecule has 4 heteroatoms. The lowest BCUT2D eigenvalue weighted by molar-refractivity contribution is 0.0597. The van der Waals surface area contributed by atoms with E-state index in [0.29, 0.717) is 24.2 Å². The summed E-state index contributed by atoms with van der Waals surface area (Å²) < 4.78 is 7.58. The lowest BCUT2D eigenvalue weighted by Gasteiger charge is -2.26. The lowest BCUT2D eigenvalue weighted by atomic mass is 9.93. The predicted octanol–water partition coefficient (Wildman–Crippen LogP) is 2.41. The van der Waals surface area contributed by atoms with Crippen LogP contribution < -0.4 is 5.32 Å². The molecule has 1 aromatic rings. The number of hydrogen-bond acceptors (Lipinski definition) is 3. The molecule has 1 N–H and O–H groups in total. The van der Waals surface area contributed by atoms with Crippen LogP contribution in [0.25, 0.3) is 0 Å². The highest BCUT2D eigenvalue weighted by molar-refractivity contribution is 5.94. The number of carbonyl (C=O) groups is 1. The largest absolute Gasteiger partial charge is 0.381 e. The van der Waals surface area contributed by atoms with Gasteiger partial charge in [-0.25, -0.2) is 0 Å². The number of hydrogen-bond donors (Lipinski definition) is 1. The molecule has 0 radical (unpaired) electrons. The molecule has 0 amide bonds. The van der Waals surface area contributed by atoms with E-state index >= 15 is 0 Å². The number of ketones is 1. The summed E-state index contributed by atoms with van der Waals surface area (Å²) in [7, 11) is 0. The lowest BCUT2D eigenvalue weighted by Crippen LogP contribution is -2.30. The predicted molar refractivity (Wildman–Crippen MR) is 78.1 cm³/mol. The maximum atomic E-state index is 12.6. The second-order valence-corrected chi connectivity index (χ2v) is 5.96. The van der Waals surface area contributed by atoms with Gasteiger partial charge in [-0.3, -0.25) is 4.79 Å². The average Bonchev–Trinajstić information content (AvgIpc) is 2.99. The van der Waals surface area contributed by atoms with Crippen molar-refractivity contribution >= 4 is 5.78 Å². The molecule has 0 aliphatic carbocycles. The van der Waals surface area contributed by atoms with Gasteiger partial charge in [0, 0.05) is 31.9 Å². The monoisotopic (exact) mass is 276 g/mol. The number of carbonyl (C=O) groups excluding carboxylic acids is 1. The van der Waals surface area contributed by atoms with Crippen molar-refractivity contribution < 1.29 is 9.53 Å². The molecule has 2 aliphatic heterocycles. The van der Waals surface area contributed by atoms with Gasteiger partial charge in [0.15, 0.2) is 5.78 Å². The molecule has 0 spiro atoms. The van der Waals surface area contributed by atoms with E-state index in [9.17, 15) is 4.79 Å². The van der Waals surface area contributed by atoms with Gasteiger partial charge in [0.25, 0.3) is 0 Å². The van der Waals surface area contributed by atoms with Crippen LogP contribution in [0.4, 0.5) is 0 Å². The first-order valence-corrected chi connectivity index (χ1v) is 7.83. The van der Waals surface area contributed by atoms with Crippen LogP contribution in [-0.2, 0) is 4.74 Å². The maximum Gasteiger partial charge on any atom is 0.179 e. The van der Waals surface area contributed by atoms with Gasteiger partial charge < -0.3 is 14.6 Å². The summed E-state index contributed by atoms with van der Waals surface area (Å²) in [5, 5.41) is 3.38. The number of aromatic nitrogens is 1. The molecule has 0 unspecified atom stereocenters. The highest BCUT2D eigenvalue weighted by atomic mass is 16.5. The van der Waals surface area contributed by atoms with Crippen LogP contribution in [0.3, 0.4) is 0 Å². The third kappa shape index (κ3) is 3.13. The summed E-state index contributed by atoms with van der Waals surface area (Å²) in [5.41, 5.74) is 0.906. The minimum atomic E-state index is 0.306. The summed E-state index contributed by atoms with van der Waals surface area (Å²) >= 11 is 0. The Morgan fingerprint density at radius 3 is 2.75 bits per heavy atom. The summed E-state index contributed by atoms with van der Waals surface area (Å²) in [4.78, 5) is 12.6. The fourth-order valence-corrected chi connectivity index (χ4v) is 3.35. The summed E-state index contributed by atoms with van der Waals surface area (Å²) in [6.07, 6.45) is 7.05. The van der Waals surface area contributed by atoms with Gasteiger partial charge in [0.05, 0.1) is 5.69 Å². The van der Waals surface area contributed by atoms with Crippen LogP contribution >= 0.6 is 0 Å². The molecule has 110 valence electrons. The van der Waals surface area contributed by atoms with Gasteiger partial charge in [0.1, 0.15) is 0 Å². The van der Waals surface area contributed by atoms with Crippen LogP contribution in [-0.4, -0.2) is 36.7 Å². The number of Topliss-reactive ketones (excluding diaryl/α,β-unsaturated/α-hetero) is 1. The zero-order chi connectivity index (χ0) is 13.8. The minimum absolute atomic E-state index is 0.306. The average molecular weight is 276 g/mol. The quantitative estimate of drug-likeness (QED) is 0.859. The second kappa shape index (κ2) is 6.55. The fourth-order valence-electron chi connectivity index (χ4n) is 3.35. The molecule has 4 nitrogen and oxygen atoms in total. The highest BCUT2D eigenvalue weighted by Gasteiger charge is 2.23. The van der Waals surface area contributed by atoms with Gasteiger partial charge in [-0.2, -0.15) is 0 Å². The number of rotatable bonds is 4. The van der Waals surface area contributed by atoms with E-state index in [0.717, 1.165) is 57.7 Å². The van der Waals surface area contributed by atoms with Crippen molar-refractivity contribution in [2.75, 3.05) is 26.3 Å². The molecule has 3 rings (SSSR count). The molecule has 2 aliphatic rings. The van der Waals surface area contributed by atoms with Gasteiger partial charge in [-0.15, -0.1) is 0 Å². The fraction of sp³-hybridized carbons (Fsp3) is 0.688. The van der Waals surface area contributed by atoms with E-state index in [1.54, 1.807) is 0 Å². The third-order valence-corrected chi connectivity index (χ3v) is 4.58.